The number of rotatable bonds is 1. The van der Waals surface area contributed by atoms with Crippen LogP contribution in [0.3, 0.4) is 0 Å². The van der Waals surface area contributed by atoms with Crippen LogP contribution in [-0.4, -0.2) is 16.2 Å². The molecular weight excluding hydrogens is 158 g/mol. The molecule has 4 heteroatoms. The maximum absolute atomic E-state index is 4.96. The van der Waals surface area contributed by atoms with E-state index in [-0.39, 0.29) is 0 Å². The smallest absolute Gasteiger partial charge is 0.155 e. The molecule has 0 saturated heterocycles. The van der Waals surface area contributed by atoms with Crippen molar-refractivity contribution in [2.24, 2.45) is 4.99 Å². The van der Waals surface area contributed by atoms with Gasteiger partial charge in [-0.2, -0.15) is 0 Å². The third kappa shape index (κ3) is 1.71. The van der Waals surface area contributed by atoms with Gasteiger partial charge in [0, 0.05) is 11.9 Å². The zero-order valence-electron chi connectivity index (χ0n) is 6.46. The van der Waals surface area contributed by atoms with Gasteiger partial charge in [0.1, 0.15) is 5.69 Å². The number of aryl methyl sites for hydroxylation is 1. The Bertz CT molecular complexity index is 327. The summed E-state index contributed by atoms with van der Waals surface area (Å²) in [7, 11) is 0. The maximum atomic E-state index is 4.96. The van der Waals surface area contributed by atoms with Crippen molar-refractivity contribution in [1.29, 1.82) is 0 Å². The Morgan fingerprint density at radius 2 is 2.45 bits per heavy atom. The molecule has 1 heterocycles. The molecule has 0 radical (unpaired) electrons. The second-order valence-electron chi connectivity index (χ2n) is 2.07. The number of hydrogen-bond acceptors (Lipinski definition) is 3. The molecular formula is C7H9N3S. The van der Waals surface area contributed by atoms with Crippen LogP contribution in [0, 0.1) is 11.6 Å². The fourth-order valence-corrected chi connectivity index (χ4v) is 1.02. The quantitative estimate of drug-likeness (QED) is 0.514. The third-order valence-corrected chi connectivity index (χ3v) is 1.58. The van der Waals surface area contributed by atoms with E-state index in [1.165, 1.54) is 0 Å². The molecule has 1 aromatic rings. The summed E-state index contributed by atoms with van der Waals surface area (Å²) in [6.45, 7) is 3.76. The Hall–Kier alpha value is -1.03. The maximum Gasteiger partial charge on any atom is 0.155 e. The molecule has 11 heavy (non-hydrogen) atoms. The topological polar surface area (TPSA) is 41.0 Å². The summed E-state index contributed by atoms with van der Waals surface area (Å²) in [5.41, 5.74) is 1.70. The summed E-state index contributed by atoms with van der Waals surface area (Å²) in [5.74, 6) is 0. The van der Waals surface area contributed by atoms with Crippen molar-refractivity contribution in [1.82, 2.24) is 9.97 Å². The highest BCUT2D eigenvalue weighted by Crippen LogP contribution is 2.14. The van der Waals surface area contributed by atoms with Gasteiger partial charge in [-0.3, -0.25) is 4.99 Å². The van der Waals surface area contributed by atoms with Gasteiger partial charge < -0.3 is 4.98 Å². The first-order valence-corrected chi connectivity index (χ1v) is 3.69. The van der Waals surface area contributed by atoms with Crippen LogP contribution in [0.1, 0.15) is 12.6 Å². The predicted molar refractivity (Wildman–Crippen MR) is 48.0 cm³/mol. The average Bonchev–Trinajstić information content (AvgIpc) is 1.97. The molecule has 0 aliphatic rings. The monoisotopic (exact) mass is 167 g/mol. The summed E-state index contributed by atoms with van der Waals surface area (Å²) in [6.07, 6.45) is 3.28. The van der Waals surface area contributed by atoms with Crippen molar-refractivity contribution >= 4 is 24.1 Å². The van der Waals surface area contributed by atoms with Crippen molar-refractivity contribution in [3.05, 3.63) is 16.7 Å². The predicted octanol–water partition coefficient (Wildman–Crippen LogP) is 2.17. The van der Waals surface area contributed by atoms with E-state index >= 15 is 0 Å². The molecule has 0 unspecified atom stereocenters. The zero-order valence-corrected chi connectivity index (χ0v) is 7.27. The zero-order chi connectivity index (χ0) is 8.27. The van der Waals surface area contributed by atoms with Crippen molar-refractivity contribution in [2.45, 2.75) is 13.8 Å². The van der Waals surface area contributed by atoms with Crippen molar-refractivity contribution in [2.75, 3.05) is 0 Å². The molecule has 0 aliphatic carbocycles. The Morgan fingerprint density at radius 1 is 1.73 bits per heavy atom. The van der Waals surface area contributed by atoms with E-state index in [0.29, 0.717) is 4.64 Å². The number of aromatic amines is 1. The lowest BCUT2D eigenvalue weighted by Gasteiger charge is -1.96. The van der Waals surface area contributed by atoms with Gasteiger partial charge >= 0.3 is 0 Å². The molecule has 0 saturated carbocycles. The summed E-state index contributed by atoms with van der Waals surface area (Å²) in [6, 6.07) is 0. The van der Waals surface area contributed by atoms with Crippen LogP contribution in [0.5, 0.6) is 0 Å². The molecule has 1 rings (SSSR count). The number of aromatic nitrogens is 2. The average molecular weight is 167 g/mol. The van der Waals surface area contributed by atoms with Gasteiger partial charge in [-0.25, -0.2) is 4.98 Å². The first-order valence-electron chi connectivity index (χ1n) is 3.28. The molecule has 0 spiro atoms. The number of H-pyrrole nitrogens is 1. The first kappa shape index (κ1) is 8.07. The Kier molecular flexibility index (Phi) is 2.48. The fraction of sp³-hybridized carbons (Fsp3) is 0.286. The van der Waals surface area contributed by atoms with E-state index in [1.807, 2.05) is 13.8 Å². The van der Waals surface area contributed by atoms with Crippen LogP contribution in [0.25, 0.3) is 0 Å². The lowest BCUT2D eigenvalue weighted by atomic mass is 10.4. The van der Waals surface area contributed by atoms with Gasteiger partial charge in [-0.15, -0.1) is 0 Å². The molecule has 0 bridgehead atoms. The molecule has 0 fully saturated rings. The van der Waals surface area contributed by atoms with Crippen LogP contribution in [-0.2, 0) is 0 Å². The number of nitrogens with one attached hydrogen (secondary N) is 1. The van der Waals surface area contributed by atoms with E-state index in [9.17, 15) is 0 Å². The molecule has 1 N–H and O–H groups in total. The highest BCUT2D eigenvalue weighted by molar-refractivity contribution is 7.71. The summed E-state index contributed by atoms with van der Waals surface area (Å²) in [4.78, 5) is 10.9. The SMILES string of the molecule is CC=Nc1c(C)[nH]cnc1=S. The van der Waals surface area contributed by atoms with Crippen LogP contribution in [0.15, 0.2) is 11.3 Å². The molecule has 0 atom stereocenters. The standard InChI is InChI=1S/C7H9N3S/c1-3-8-6-5(2)9-4-10-7(6)11/h3-4H,1-2H3,(H,9,10,11). The highest BCUT2D eigenvalue weighted by atomic mass is 32.1. The second kappa shape index (κ2) is 3.39. The molecule has 0 aliphatic heterocycles. The minimum Gasteiger partial charge on any atom is -0.348 e. The summed E-state index contributed by atoms with van der Waals surface area (Å²) >= 11 is 4.96. The third-order valence-electron chi connectivity index (χ3n) is 1.28. The van der Waals surface area contributed by atoms with E-state index in [2.05, 4.69) is 15.0 Å². The van der Waals surface area contributed by atoms with Gasteiger partial charge in [0.05, 0.1) is 6.33 Å². The van der Waals surface area contributed by atoms with E-state index in [4.69, 9.17) is 12.2 Å². The van der Waals surface area contributed by atoms with Gasteiger partial charge in [0.2, 0.25) is 0 Å². The normalized spacial score (nSPS) is 10.7. The Morgan fingerprint density at radius 3 is 3.00 bits per heavy atom. The van der Waals surface area contributed by atoms with E-state index in [0.717, 1.165) is 11.4 Å². The van der Waals surface area contributed by atoms with Crippen molar-refractivity contribution in [3.63, 3.8) is 0 Å². The fourth-order valence-electron chi connectivity index (χ4n) is 0.759. The molecule has 1 aromatic heterocycles. The van der Waals surface area contributed by atoms with Crippen LogP contribution < -0.4 is 0 Å². The largest absolute Gasteiger partial charge is 0.348 e. The second-order valence-corrected chi connectivity index (χ2v) is 2.46. The number of aliphatic imine (C=N–C) groups is 1. The molecule has 58 valence electrons. The summed E-state index contributed by atoms with van der Waals surface area (Å²) < 4.78 is 0.541. The minimum absolute atomic E-state index is 0.541. The van der Waals surface area contributed by atoms with Gasteiger partial charge in [0.15, 0.2) is 4.64 Å². The van der Waals surface area contributed by atoms with Crippen LogP contribution in [0.2, 0.25) is 0 Å². The van der Waals surface area contributed by atoms with Gasteiger partial charge in [-0.1, -0.05) is 12.2 Å². The number of hydrogen-bond donors (Lipinski definition) is 1. The van der Waals surface area contributed by atoms with Crippen molar-refractivity contribution < 1.29 is 0 Å². The molecule has 0 amide bonds. The van der Waals surface area contributed by atoms with E-state index < -0.39 is 0 Å². The van der Waals surface area contributed by atoms with Gasteiger partial charge in [0.25, 0.3) is 0 Å². The lowest BCUT2D eigenvalue weighted by molar-refractivity contribution is 1.08. The van der Waals surface area contributed by atoms with Crippen LogP contribution >= 0.6 is 12.2 Å². The summed E-state index contributed by atoms with van der Waals surface area (Å²) in [5, 5.41) is 0. The minimum atomic E-state index is 0.541. The van der Waals surface area contributed by atoms with Gasteiger partial charge in [-0.05, 0) is 13.8 Å². The molecule has 3 nitrogen and oxygen atoms in total. The highest BCUT2D eigenvalue weighted by Gasteiger charge is 1.96. The Balaban J connectivity index is 3.32. The number of nitrogens with zero attached hydrogens (tertiary/aromatic N) is 2. The molecule has 0 aromatic carbocycles. The first-order chi connectivity index (χ1) is 5.25. The lowest BCUT2D eigenvalue weighted by Crippen LogP contribution is -1.84. The Labute approximate surface area is 70.2 Å². The van der Waals surface area contributed by atoms with E-state index in [1.54, 1.807) is 12.5 Å². The van der Waals surface area contributed by atoms with Crippen LogP contribution in [0.4, 0.5) is 5.69 Å². The van der Waals surface area contributed by atoms with Crippen molar-refractivity contribution in [3.8, 4) is 0 Å².